The Morgan fingerprint density at radius 2 is 1.30 bits per heavy atom. The molecular formula is C34H25N3O6. The van der Waals surface area contributed by atoms with E-state index in [0.717, 1.165) is 10.8 Å². The van der Waals surface area contributed by atoms with Gasteiger partial charge in [-0.1, -0.05) is 72.8 Å². The molecule has 2 amide bonds. The molecule has 0 bridgehead atoms. The lowest BCUT2D eigenvalue weighted by molar-refractivity contribution is -0.120. The van der Waals surface area contributed by atoms with Crippen LogP contribution in [0.3, 0.4) is 0 Å². The van der Waals surface area contributed by atoms with E-state index in [1.54, 1.807) is 72.8 Å². The second-order valence-electron chi connectivity index (χ2n) is 9.21. The number of carbonyl (C=O) groups excluding carboxylic acids is 4. The second-order valence-corrected chi connectivity index (χ2v) is 9.21. The molecular weight excluding hydrogens is 546 g/mol. The van der Waals surface area contributed by atoms with Crippen molar-refractivity contribution in [1.82, 2.24) is 10.7 Å². The van der Waals surface area contributed by atoms with E-state index in [1.165, 1.54) is 24.4 Å². The lowest BCUT2D eigenvalue weighted by Crippen LogP contribution is -2.35. The van der Waals surface area contributed by atoms with E-state index in [0.29, 0.717) is 22.3 Å². The van der Waals surface area contributed by atoms with Gasteiger partial charge in [0.15, 0.2) is 0 Å². The minimum atomic E-state index is -0.637. The molecule has 0 aliphatic carbocycles. The van der Waals surface area contributed by atoms with E-state index in [1.807, 2.05) is 30.3 Å². The summed E-state index contributed by atoms with van der Waals surface area (Å²) in [7, 11) is 0. The third-order valence-corrected chi connectivity index (χ3v) is 6.25. The van der Waals surface area contributed by atoms with Crippen LogP contribution < -0.4 is 20.2 Å². The summed E-state index contributed by atoms with van der Waals surface area (Å²) in [5.41, 5.74) is 3.79. The zero-order chi connectivity index (χ0) is 30.0. The van der Waals surface area contributed by atoms with Crippen LogP contribution >= 0.6 is 0 Å². The maximum absolute atomic E-state index is 12.8. The predicted molar refractivity (Wildman–Crippen MR) is 161 cm³/mol. The van der Waals surface area contributed by atoms with Crippen molar-refractivity contribution in [2.75, 3.05) is 6.54 Å². The maximum atomic E-state index is 12.8. The second kappa shape index (κ2) is 13.5. The van der Waals surface area contributed by atoms with E-state index in [2.05, 4.69) is 15.8 Å². The van der Waals surface area contributed by atoms with Gasteiger partial charge in [0, 0.05) is 17.2 Å². The first-order chi connectivity index (χ1) is 21.0. The molecule has 0 unspecified atom stereocenters. The Labute approximate surface area is 246 Å². The Hall–Kier alpha value is -6.09. The Bertz CT molecular complexity index is 1820. The average molecular weight is 572 g/mol. The van der Waals surface area contributed by atoms with Crippen molar-refractivity contribution in [2.24, 2.45) is 5.10 Å². The first kappa shape index (κ1) is 28.4. The highest BCUT2D eigenvalue weighted by atomic mass is 16.5. The molecule has 0 aliphatic rings. The van der Waals surface area contributed by atoms with E-state index in [9.17, 15) is 19.2 Å². The Morgan fingerprint density at radius 3 is 2.02 bits per heavy atom. The minimum absolute atomic E-state index is 0.0504. The Balaban J connectivity index is 1.26. The van der Waals surface area contributed by atoms with E-state index in [4.69, 9.17) is 9.47 Å². The quantitative estimate of drug-likeness (QED) is 0.109. The van der Waals surface area contributed by atoms with E-state index >= 15 is 0 Å². The summed E-state index contributed by atoms with van der Waals surface area (Å²) in [5, 5.41) is 8.22. The summed E-state index contributed by atoms with van der Waals surface area (Å²) in [6, 6.07) is 34.1. The third kappa shape index (κ3) is 7.36. The molecule has 2 N–H and O–H groups in total. The van der Waals surface area contributed by atoms with Gasteiger partial charge in [-0.05, 0) is 53.2 Å². The summed E-state index contributed by atoms with van der Waals surface area (Å²) >= 11 is 0. The molecule has 0 saturated carbocycles. The number of benzene rings is 5. The van der Waals surface area contributed by atoms with Crippen LogP contribution in [0, 0.1) is 0 Å². The molecule has 0 fully saturated rings. The number of ether oxygens (including phenoxy) is 2. The fraction of sp³-hybridized carbons (Fsp3) is 0.0294. The summed E-state index contributed by atoms with van der Waals surface area (Å²) in [6.07, 6.45) is 1.28. The normalized spacial score (nSPS) is 10.7. The van der Waals surface area contributed by atoms with Crippen LogP contribution in [0.2, 0.25) is 0 Å². The fourth-order valence-corrected chi connectivity index (χ4v) is 4.14. The first-order valence-electron chi connectivity index (χ1n) is 13.2. The number of fused-ring (bicyclic) bond motifs is 1. The van der Waals surface area contributed by atoms with Gasteiger partial charge < -0.3 is 14.8 Å². The highest BCUT2D eigenvalue weighted by Gasteiger charge is 2.15. The van der Waals surface area contributed by atoms with Gasteiger partial charge in [0.2, 0.25) is 0 Å². The smallest absolute Gasteiger partial charge is 0.343 e. The number of hydrogen-bond acceptors (Lipinski definition) is 7. The van der Waals surface area contributed by atoms with Gasteiger partial charge in [-0.15, -0.1) is 0 Å². The molecule has 9 heteroatoms. The van der Waals surface area contributed by atoms with Crippen LogP contribution in [0.1, 0.15) is 36.6 Å². The molecule has 5 rings (SSSR count). The molecule has 9 nitrogen and oxygen atoms in total. The number of nitrogens with one attached hydrogen (secondary N) is 2. The highest BCUT2D eigenvalue weighted by Crippen LogP contribution is 2.26. The Kier molecular flexibility index (Phi) is 8.94. The summed E-state index contributed by atoms with van der Waals surface area (Å²) in [4.78, 5) is 50.4. The van der Waals surface area contributed by atoms with Crippen molar-refractivity contribution in [3.05, 3.63) is 144 Å². The van der Waals surface area contributed by atoms with Gasteiger partial charge >= 0.3 is 11.9 Å². The van der Waals surface area contributed by atoms with Crippen LogP contribution in [0.15, 0.2) is 126 Å². The van der Waals surface area contributed by atoms with Crippen molar-refractivity contribution in [3.8, 4) is 11.5 Å². The fourth-order valence-electron chi connectivity index (χ4n) is 4.14. The number of hydrazone groups is 1. The number of hydrogen-bond donors (Lipinski definition) is 2. The van der Waals surface area contributed by atoms with Crippen molar-refractivity contribution in [1.29, 1.82) is 0 Å². The van der Waals surface area contributed by atoms with Gasteiger partial charge in [0.25, 0.3) is 11.8 Å². The lowest BCUT2D eigenvalue weighted by Gasteiger charge is -2.11. The monoisotopic (exact) mass is 571 g/mol. The van der Waals surface area contributed by atoms with Crippen LogP contribution in [0.4, 0.5) is 0 Å². The number of amides is 2. The summed E-state index contributed by atoms with van der Waals surface area (Å²) in [6.45, 7) is -0.316. The maximum Gasteiger partial charge on any atom is 0.343 e. The van der Waals surface area contributed by atoms with E-state index in [-0.39, 0.29) is 18.0 Å². The van der Waals surface area contributed by atoms with E-state index < -0.39 is 23.8 Å². The number of carbonyl (C=O) groups is 4. The van der Waals surface area contributed by atoms with Gasteiger partial charge in [-0.25, -0.2) is 15.0 Å². The molecule has 0 saturated heterocycles. The van der Waals surface area contributed by atoms with Gasteiger partial charge in [0.1, 0.15) is 11.5 Å². The average Bonchev–Trinajstić information content (AvgIpc) is 3.05. The molecule has 0 aliphatic heterocycles. The van der Waals surface area contributed by atoms with Gasteiger partial charge in [0.05, 0.1) is 23.9 Å². The Morgan fingerprint density at radius 1 is 0.674 bits per heavy atom. The van der Waals surface area contributed by atoms with Gasteiger partial charge in [-0.3, -0.25) is 9.59 Å². The van der Waals surface area contributed by atoms with Crippen LogP contribution in [0.5, 0.6) is 11.5 Å². The molecule has 5 aromatic rings. The minimum Gasteiger partial charge on any atom is -0.423 e. The SMILES string of the molecule is O=C(CNC(=O)c1cccc2ccccc12)N/N=C\c1ccc(OC(=O)c2ccccc2)cc1OC(=O)c1ccccc1. The third-order valence-electron chi connectivity index (χ3n) is 6.25. The molecule has 0 atom stereocenters. The standard InChI is InChI=1S/C34H25N3O6/c38-31(22-35-32(39)29-17-9-15-23-10-7-8-16-28(23)29)37-36-21-26-18-19-27(42-33(40)24-11-3-1-4-12-24)20-30(26)43-34(41)25-13-5-2-6-14-25/h1-21H,22H2,(H,35,39)(H,37,38)/b36-21-. The molecule has 0 radical (unpaired) electrons. The van der Waals surface area contributed by atoms with Crippen molar-refractivity contribution >= 4 is 40.7 Å². The molecule has 0 spiro atoms. The van der Waals surface area contributed by atoms with Crippen molar-refractivity contribution in [3.63, 3.8) is 0 Å². The van der Waals surface area contributed by atoms with Crippen molar-refractivity contribution < 1.29 is 28.7 Å². The largest absolute Gasteiger partial charge is 0.423 e. The molecule has 0 aromatic heterocycles. The number of rotatable bonds is 9. The molecule has 0 heterocycles. The van der Waals surface area contributed by atoms with Crippen molar-refractivity contribution in [2.45, 2.75) is 0 Å². The zero-order valence-corrected chi connectivity index (χ0v) is 22.7. The topological polar surface area (TPSA) is 123 Å². The van der Waals surface area contributed by atoms with Crippen LogP contribution in [-0.2, 0) is 4.79 Å². The number of esters is 2. The van der Waals surface area contributed by atoms with Crippen LogP contribution in [-0.4, -0.2) is 36.5 Å². The number of nitrogens with zero attached hydrogens (tertiary/aromatic N) is 1. The summed E-state index contributed by atoms with van der Waals surface area (Å²) in [5.74, 6) is -1.99. The predicted octanol–water partition coefficient (Wildman–Crippen LogP) is 5.16. The highest BCUT2D eigenvalue weighted by molar-refractivity contribution is 6.07. The molecule has 43 heavy (non-hydrogen) atoms. The molecule has 5 aromatic carbocycles. The van der Waals surface area contributed by atoms with Crippen LogP contribution in [0.25, 0.3) is 10.8 Å². The van der Waals surface area contributed by atoms with Gasteiger partial charge in [-0.2, -0.15) is 5.10 Å². The summed E-state index contributed by atoms with van der Waals surface area (Å²) < 4.78 is 11.0. The lowest BCUT2D eigenvalue weighted by atomic mass is 10.0. The first-order valence-corrected chi connectivity index (χ1v) is 13.2. The zero-order valence-electron chi connectivity index (χ0n) is 22.7. The molecule has 212 valence electrons.